The highest BCUT2D eigenvalue weighted by Gasteiger charge is 2.16. The second kappa shape index (κ2) is 7.66. The Morgan fingerprint density at radius 3 is 2.39 bits per heavy atom. The van der Waals surface area contributed by atoms with Crippen molar-refractivity contribution in [2.75, 3.05) is 0 Å². The number of pyridine rings is 2. The fourth-order valence-corrected chi connectivity index (χ4v) is 4.46. The Balaban J connectivity index is 1.68. The largest absolute Gasteiger partial charge is 0.437 e. The fourth-order valence-electron chi connectivity index (χ4n) is 4.46. The molecule has 31 heavy (non-hydrogen) atoms. The molecule has 3 heterocycles. The van der Waals surface area contributed by atoms with E-state index in [2.05, 4.69) is 93.3 Å². The van der Waals surface area contributed by atoms with Crippen molar-refractivity contribution in [2.45, 2.75) is 34.1 Å². The first kappa shape index (κ1) is 19.5. The number of benzene rings is 2. The van der Waals surface area contributed by atoms with Gasteiger partial charge in [-0.25, -0.2) is 4.98 Å². The smallest absolute Gasteiger partial charge is 0.227 e. The first-order valence-electron chi connectivity index (χ1n) is 10.9. The fraction of sp³-hybridized carbons (Fsp3) is 0.214. The van der Waals surface area contributed by atoms with E-state index in [1.807, 2.05) is 6.20 Å². The van der Waals surface area contributed by atoms with Crippen molar-refractivity contribution >= 4 is 22.1 Å². The Morgan fingerprint density at radius 1 is 0.839 bits per heavy atom. The van der Waals surface area contributed by atoms with Crippen molar-refractivity contribution in [3.8, 4) is 22.5 Å². The molecule has 0 aliphatic heterocycles. The van der Waals surface area contributed by atoms with Gasteiger partial charge in [0.25, 0.3) is 0 Å². The maximum Gasteiger partial charge on any atom is 0.227 e. The highest BCUT2D eigenvalue weighted by molar-refractivity contribution is 6.08. The zero-order valence-corrected chi connectivity index (χ0v) is 18.4. The predicted molar refractivity (Wildman–Crippen MR) is 128 cm³/mol. The Hall–Kier alpha value is -3.46. The first-order valence-corrected chi connectivity index (χ1v) is 10.9. The van der Waals surface area contributed by atoms with Gasteiger partial charge in [0.1, 0.15) is 5.58 Å². The maximum atomic E-state index is 6.35. The van der Waals surface area contributed by atoms with Gasteiger partial charge in [0.05, 0.1) is 11.4 Å². The van der Waals surface area contributed by atoms with Crippen molar-refractivity contribution in [1.82, 2.24) is 9.97 Å². The van der Waals surface area contributed by atoms with Crippen molar-refractivity contribution in [3.05, 3.63) is 83.6 Å². The van der Waals surface area contributed by atoms with Crippen LogP contribution in [0.2, 0.25) is 0 Å². The van der Waals surface area contributed by atoms with Crippen LogP contribution < -0.4 is 0 Å². The van der Waals surface area contributed by atoms with Gasteiger partial charge in [-0.2, -0.15) is 0 Å². The van der Waals surface area contributed by atoms with Crippen LogP contribution in [0.4, 0.5) is 0 Å². The van der Waals surface area contributed by atoms with Crippen LogP contribution in [0.15, 0.2) is 71.3 Å². The lowest BCUT2D eigenvalue weighted by Gasteiger charge is -2.08. The number of nitrogens with zero attached hydrogens (tertiary/aromatic N) is 2. The average Bonchev–Trinajstić information content (AvgIpc) is 3.11. The molecule has 3 nitrogen and oxygen atoms in total. The molecule has 0 aliphatic carbocycles. The molecule has 5 aromatic rings. The van der Waals surface area contributed by atoms with Gasteiger partial charge < -0.3 is 4.42 Å². The van der Waals surface area contributed by atoms with Crippen molar-refractivity contribution in [2.24, 2.45) is 5.92 Å². The Labute approximate surface area is 182 Å². The van der Waals surface area contributed by atoms with Gasteiger partial charge in [-0.3, -0.25) is 4.98 Å². The Kier molecular flexibility index (Phi) is 4.82. The molecule has 154 valence electrons. The third-order valence-corrected chi connectivity index (χ3v) is 5.85. The summed E-state index contributed by atoms with van der Waals surface area (Å²) in [5, 5.41) is 2.11. The number of furan rings is 1. The topological polar surface area (TPSA) is 38.9 Å². The lowest BCUT2D eigenvalue weighted by Crippen LogP contribution is -1.95. The molecule has 2 aromatic carbocycles. The van der Waals surface area contributed by atoms with Crippen LogP contribution in [0, 0.1) is 19.8 Å². The van der Waals surface area contributed by atoms with Gasteiger partial charge in [0.15, 0.2) is 0 Å². The van der Waals surface area contributed by atoms with Crippen LogP contribution >= 0.6 is 0 Å². The molecule has 0 radical (unpaired) electrons. The maximum absolute atomic E-state index is 6.35. The quantitative estimate of drug-likeness (QED) is 0.310. The zero-order valence-electron chi connectivity index (χ0n) is 18.4. The third-order valence-electron chi connectivity index (χ3n) is 5.85. The van der Waals surface area contributed by atoms with Crippen LogP contribution in [0.3, 0.4) is 0 Å². The predicted octanol–water partition coefficient (Wildman–Crippen LogP) is 7.53. The lowest BCUT2D eigenvalue weighted by atomic mass is 9.99. The first-order chi connectivity index (χ1) is 15.0. The number of para-hydroxylation sites is 1. The minimum atomic E-state index is 0.602. The molecule has 0 saturated heterocycles. The van der Waals surface area contributed by atoms with Crippen molar-refractivity contribution in [3.63, 3.8) is 0 Å². The third kappa shape index (κ3) is 3.50. The second-order valence-corrected chi connectivity index (χ2v) is 8.75. The summed E-state index contributed by atoms with van der Waals surface area (Å²) >= 11 is 0. The highest BCUT2D eigenvalue weighted by Crippen LogP contribution is 2.36. The van der Waals surface area contributed by atoms with Crippen LogP contribution in [0.1, 0.15) is 30.5 Å². The molecule has 3 heteroatoms. The summed E-state index contributed by atoms with van der Waals surface area (Å²) in [6.45, 7) is 8.72. The summed E-state index contributed by atoms with van der Waals surface area (Å²) in [7, 11) is 0. The zero-order chi connectivity index (χ0) is 21.5. The monoisotopic (exact) mass is 406 g/mol. The molecule has 0 fully saturated rings. The average molecular weight is 407 g/mol. The molecular weight excluding hydrogens is 380 g/mol. The second-order valence-electron chi connectivity index (χ2n) is 8.75. The van der Waals surface area contributed by atoms with Crippen molar-refractivity contribution in [1.29, 1.82) is 0 Å². The standard InChI is InChI=1S/C28H26N2O/c1-17(2)15-20-13-14-29-25(16-20)23-10-6-9-21-22-11-12-24(30-28(22)31-27(21)23)26-18(3)7-5-8-19(26)4/h5-14,16-17H,15H2,1-4H3. The molecule has 5 rings (SSSR count). The van der Waals surface area contributed by atoms with Crippen LogP contribution in [0.5, 0.6) is 0 Å². The number of hydrogen-bond acceptors (Lipinski definition) is 3. The normalized spacial score (nSPS) is 11.6. The van der Waals surface area contributed by atoms with Crippen LogP contribution in [-0.4, -0.2) is 9.97 Å². The summed E-state index contributed by atoms with van der Waals surface area (Å²) in [4.78, 5) is 9.55. The number of hydrogen-bond donors (Lipinski definition) is 0. The number of rotatable bonds is 4. The van der Waals surface area contributed by atoms with Gasteiger partial charge in [-0.1, -0.05) is 44.2 Å². The molecule has 0 saturated carbocycles. The minimum absolute atomic E-state index is 0.602. The molecule has 0 atom stereocenters. The summed E-state index contributed by atoms with van der Waals surface area (Å²) in [6, 6.07) is 21.1. The molecule has 0 unspecified atom stereocenters. The van der Waals surface area contributed by atoms with E-state index < -0.39 is 0 Å². The van der Waals surface area contributed by atoms with E-state index in [-0.39, 0.29) is 0 Å². The molecule has 0 N–H and O–H groups in total. The van der Waals surface area contributed by atoms with Gasteiger partial charge in [-0.15, -0.1) is 0 Å². The summed E-state index contributed by atoms with van der Waals surface area (Å²) in [5.74, 6) is 0.602. The van der Waals surface area contributed by atoms with Gasteiger partial charge in [0.2, 0.25) is 5.71 Å². The highest BCUT2D eigenvalue weighted by atomic mass is 16.3. The molecule has 0 aliphatic rings. The molecular formula is C28H26N2O. The molecule has 0 amide bonds. The van der Waals surface area contributed by atoms with E-state index in [1.165, 1.54) is 22.3 Å². The van der Waals surface area contributed by atoms with E-state index in [9.17, 15) is 0 Å². The minimum Gasteiger partial charge on any atom is -0.437 e. The van der Waals surface area contributed by atoms with Crippen LogP contribution in [0.25, 0.3) is 44.6 Å². The SMILES string of the molecule is Cc1cccc(C)c1-c1ccc2c(n1)oc1c(-c3cc(CC(C)C)ccn3)cccc12. The summed E-state index contributed by atoms with van der Waals surface area (Å²) in [5.41, 5.74) is 9.31. The van der Waals surface area contributed by atoms with E-state index >= 15 is 0 Å². The summed E-state index contributed by atoms with van der Waals surface area (Å²) < 4.78 is 6.35. The van der Waals surface area contributed by atoms with E-state index in [4.69, 9.17) is 9.40 Å². The molecule has 0 spiro atoms. The molecule has 3 aromatic heterocycles. The van der Waals surface area contributed by atoms with E-state index in [0.29, 0.717) is 11.6 Å². The Bertz CT molecular complexity index is 1390. The van der Waals surface area contributed by atoms with E-state index in [1.54, 1.807) is 0 Å². The van der Waals surface area contributed by atoms with Gasteiger partial charge in [-0.05, 0) is 73.2 Å². The van der Waals surface area contributed by atoms with Gasteiger partial charge >= 0.3 is 0 Å². The number of fused-ring (bicyclic) bond motifs is 3. The number of aryl methyl sites for hydroxylation is 2. The number of aromatic nitrogens is 2. The van der Waals surface area contributed by atoms with Gasteiger partial charge in [0, 0.05) is 28.1 Å². The lowest BCUT2D eigenvalue weighted by molar-refractivity contribution is 0.646. The Morgan fingerprint density at radius 2 is 1.61 bits per heavy atom. The summed E-state index contributed by atoms with van der Waals surface area (Å²) in [6.07, 6.45) is 2.93. The van der Waals surface area contributed by atoms with Crippen molar-refractivity contribution < 1.29 is 4.42 Å². The molecule has 0 bridgehead atoms. The van der Waals surface area contributed by atoms with E-state index in [0.717, 1.165) is 39.7 Å². The van der Waals surface area contributed by atoms with Crippen LogP contribution in [-0.2, 0) is 6.42 Å².